The first-order chi connectivity index (χ1) is 12.3. The molecule has 1 aliphatic rings. The molecule has 0 saturated carbocycles. The van der Waals surface area contributed by atoms with Gasteiger partial charge in [-0.3, -0.25) is 4.57 Å². The van der Waals surface area contributed by atoms with Gasteiger partial charge in [0.05, 0.1) is 12.7 Å². The second-order valence-electron chi connectivity index (χ2n) is 6.99. The van der Waals surface area contributed by atoms with Crippen molar-refractivity contribution in [2.45, 2.75) is 63.8 Å². The molecular weight excluding hydrogens is 352 g/mol. The zero-order valence-electron chi connectivity index (χ0n) is 15.8. The summed E-state index contributed by atoms with van der Waals surface area (Å²) >= 11 is 0. The van der Waals surface area contributed by atoms with Crippen molar-refractivity contribution in [1.82, 2.24) is 9.55 Å². The summed E-state index contributed by atoms with van der Waals surface area (Å²) in [6, 6.07) is 5.44. The van der Waals surface area contributed by atoms with Crippen LogP contribution in [0.1, 0.15) is 33.9 Å². The predicted octanol–water partition coefficient (Wildman–Crippen LogP) is 1.64. The van der Waals surface area contributed by atoms with Gasteiger partial charge in [-0.15, -0.1) is 0 Å². The molecule has 0 amide bonds. The van der Waals surface area contributed by atoms with E-state index in [1.807, 2.05) is 6.07 Å². The number of aromatic nitrogens is 2. The third-order valence-electron chi connectivity index (χ3n) is 5.43. The number of aliphatic hydroxyl groups excluding tert-OH is 1. The van der Waals surface area contributed by atoms with Gasteiger partial charge in [0.2, 0.25) is 0 Å². The number of anilines is 1. The van der Waals surface area contributed by atoms with Crippen molar-refractivity contribution in [2.75, 3.05) is 12.3 Å². The molecule has 2 heterocycles. The quantitative estimate of drug-likeness (QED) is 0.689. The SMILES string of the molecule is CC[Si](CC)(OC[C@H]1O[C@@H](n2ccc(N)nc2=O)[C@@H](C#N)[C@@H]1O)C(C)C. The molecule has 0 aliphatic carbocycles. The number of nitrogen functional groups attached to an aromatic ring is 1. The summed E-state index contributed by atoms with van der Waals surface area (Å²) in [6.07, 6.45) is -1.19. The summed E-state index contributed by atoms with van der Waals surface area (Å²) in [6.45, 7) is 8.78. The van der Waals surface area contributed by atoms with Gasteiger partial charge in [0.15, 0.2) is 14.5 Å². The van der Waals surface area contributed by atoms with Crippen LogP contribution >= 0.6 is 0 Å². The number of nitrogens with zero attached hydrogens (tertiary/aromatic N) is 3. The molecule has 0 radical (unpaired) electrons. The highest BCUT2D eigenvalue weighted by Gasteiger charge is 2.47. The lowest BCUT2D eigenvalue weighted by Crippen LogP contribution is -2.43. The fourth-order valence-electron chi connectivity index (χ4n) is 3.57. The number of nitriles is 1. The Kier molecular flexibility index (Phi) is 6.57. The highest BCUT2D eigenvalue weighted by Crippen LogP contribution is 2.36. The third kappa shape index (κ3) is 3.83. The molecule has 4 atom stereocenters. The van der Waals surface area contributed by atoms with Gasteiger partial charge in [0.1, 0.15) is 23.9 Å². The zero-order chi connectivity index (χ0) is 19.5. The molecule has 9 heteroatoms. The van der Waals surface area contributed by atoms with E-state index >= 15 is 0 Å². The van der Waals surface area contributed by atoms with Gasteiger partial charge in [0, 0.05) is 6.20 Å². The lowest BCUT2D eigenvalue weighted by molar-refractivity contribution is -0.0443. The van der Waals surface area contributed by atoms with Gasteiger partial charge in [0.25, 0.3) is 0 Å². The molecule has 1 aromatic rings. The highest BCUT2D eigenvalue weighted by atomic mass is 28.4. The molecule has 8 nitrogen and oxygen atoms in total. The fourth-order valence-corrected chi connectivity index (χ4v) is 6.94. The van der Waals surface area contributed by atoms with E-state index in [0.717, 1.165) is 12.1 Å². The highest BCUT2D eigenvalue weighted by molar-refractivity contribution is 6.74. The summed E-state index contributed by atoms with van der Waals surface area (Å²) < 4.78 is 13.3. The van der Waals surface area contributed by atoms with Crippen molar-refractivity contribution in [2.24, 2.45) is 5.92 Å². The van der Waals surface area contributed by atoms with Crippen molar-refractivity contribution in [3.8, 4) is 6.07 Å². The number of nitrogens with two attached hydrogens (primary N) is 1. The van der Waals surface area contributed by atoms with E-state index in [9.17, 15) is 15.2 Å². The summed E-state index contributed by atoms with van der Waals surface area (Å²) in [5.74, 6) is -0.790. The predicted molar refractivity (Wildman–Crippen MR) is 99.7 cm³/mol. The molecule has 1 aromatic heterocycles. The van der Waals surface area contributed by atoms with Gasteiger partial charge < -0.3 is 20.0 Å². The van der Waals surface area contributed by atoms with Crippen molar-refractivity contribution in [3.63, 3.8) is 0 Å². The van der Waals surface area contributed by atoms with Crippen LogP contribution in [0, 0.1) is 17.2 Å². The Labute approximate surface area is 154 Å². The number of rotatable bonds is 7. The van der Waals surface area contributed by atoms with Crippen molar-refractivity contribution < 1.29 is 14.3 Å². The van der Waals surface area contributed by atoms with E-state index in [1.165, 1.54) is 16.8 Å². The molecule has 1 fully saturated rings. The minimum atomic E-state index is -1.94. The lowest BCUT2D eigenvalue weighted by atomic mass is 10.0. The molecule has 1 aliphatic heterocycles. The van der Waals surface area contributed by atoms with Crippen molar-refractivity contribution in [1.29, 1.82) is 5.26 Å². The first-order valence-electron chi connectivity index (χ1n) is 9.01. The smallest absolute Gasteiger partial charge is 0.351 e. The van der Waals surface area contributed by atoms with Crippen LogP contribution in [-0.2, 0) is 9.16 Å². The van der Waals surface area contributed by atoms with Crippen molar-refractivity contribution in [3.05, 3.63) is 22.7 Å². The molecule has 0 unspecified atom stereocenters. The van der Waals surface area contributed by atoms with E-state index in [-0.39, 0.29) is 12.4 Å². The van der Waals surface area contributed by atoms with Crippen LogP contribution in [0.15, 0.2) is 17.1 Å². The van der Waals surface area contributed by atoms with Gasteiger partial charge in [-0.25, -0.2) is 4.79 Å². The van der Waals surface area contributed by atoms with Gasteiger partial charge >= 0.3 is 5.69 Å². The van der Waals surface area contributed by atoms with Crippen LogP contribution in [0.2, 0.25) is 17.6 Å². The fraction of sp³-hybridized carbons (Fsp3) is 0.706. The standard InChI is InChI=1S/C17H28N4O4Si/c1-5-26(6-2,11(3)4)24-10-13-15(22)12(9-18)16(25-13)21-8-7-14(19)20-17(21)23/h7-8,11-13,15-16,22H,5-6,10H2,1-4H3,(H2,19,20,23)/t12-,13+,15-,16+/m0/s1. The second-order valence-corrected chi connectivity index (χ2v) is 12.0. The Balaban J connectivity index is 2.20. The number of aliphatic hydroxyl groups is 1. The van der Waals surface area contributed by atoms with Gasteiger partial charge in [-0.2, -0.15) is 10.2 Å². The molecule has 0 bridgehead atoms. The molecule has 2 rings (SSSR count). The van der Waals surface area contributed by atoms with Gasteiger partial charge in [-0.1, -0.05) is 27.7 Å². The summed E-state index contributed by atoms with van der Waals surface area (Å²) in [4.78, 5) is 15.7. The van der Waals surface area contributed by atoms with Crippen LogP contribution in [-0.4, -0.2) is 41.8 Å². The molecule has 0 spiro atoms. The normalized spacial score (nSPS) is 26.2. The molecule has 1 saturated heterocycles. The molecule has 0 aromatic carbocycles. The van der Waals surface area contributed by atoms with Crippen LogP contribution in [0.4, 0.5) is 5.82 Å². The average Bonchev–Trinajstić information content (AvgIpc) is 2.91. The Morgan fingerprint density at radius 3 is 2.65 bits per heavy atom. The second kappa shape index (κ2) is 8.31. The monoisotopic (exact) mass is 380 g/mol. The van der Waals surface area contributed by atoms with E-state index in [0.29, 0.717) is 5.54 Å². The molecular formula is C17H28N4O4Si. The summed E-state index contributed by atoms with van der Waals surface area (Å²) in [7, 11) is -1.94. The van der Waals surface area contributed by atoms with E-state index in [1.54, 1.807) is 0 Å². The first kappa shape index (κ1) is 20.6. The number of hydrogen-bond acceptors (Lipinski definition) is 7. The van der Waals surface area contributed by atoms with Gasteiger partial charge in [-0.05, 0) is 23.7 Å². The van der Waals surface area contributed by atoms with Crippen LogP contribution < -0.4 is 11.4 Å². The lowest BCUT2D eigenvalue weighted by Gasteiger charge is -2.34. The molecule has 26 heavy (non-hydrogen) atoms. The minimum Gasteiger partial charge on any atom is -0.414 e. The average molecular weight is 381 g/mol. The minimum absolute atomic E-state index is 0.0943. The third-order valence-corrected chi connectivity index (χ3v) is 10.7. The number of hydrogen-bond donors (Lipinski definition) is 2. The first-order valence-corrected chi connectivity index (χ1v) is 11.4. The van der Waals surface area contributed by atoms with E-state index < -0.39 is 38.4 Å². The van der Waals surface area contributed by atoms with E-state index in [2.05, 4.69) is 32.7 Å². The summed E-state index contributed by atoms with van der Waals surface area (Å²) in [5, 5.41) is 20.0. The van der Waals surface area contributed by atoms with Crippen LogP contribution in [0.3, 0.4) is 0 Å². The van der Waals surface area contributed by atoms with Crippen molar-refractivity contribution >= 4 is 14.1 Å². The Morgan fingerprint density at radius 1 is 1.50 bits per heavy atom. The zero-order valence-corrected chi connectivity index (χ0v) is 16.8. The Morgan fingerprint density at radius 2 is 2.15 bits per heavy atom. The molecule has 3 N–H and O–H groups in total. The van der Waals surface area contributed by atoms with Crippen LogP contribution in [0.5, 0.6) is 0 Å². The molecule has 144 valence electrons. The topological polar surface area (TPSA) is 123 Å². The maximum atomic E-state index is 12.1. The number of ether oxygens (including phenoxy) is 1. The van der Waals surface area contributed by atoms with E-state index in [4.69, 9.17) is 14.9 Å². The maximum absolute atomic E-state index is 12.1. The Bertz CT molecular complexity index is 713. The maximum Gasteiger partial charge on any atom is 0.351 e. The Hall–Kier alpha value is -1.73. The largest absolute Gasteiger partial charge is 0.414 e. The van der Waals surface area contributed by atoms with Crippen LogP contribution in [0.25, 0.3) is 0 Å². The summed E-state index contributed by atoms with van der Waals surface area (Å²) in [5.41, 5.74) is 5.33.